The smallest absolute Gasteiger partial charge is 0.328 e. The monoisotopic (exact) mass is 287 g/mol. The van der Waals surface area contributed by atoms with E-state index >= 15 is 0 Å². The quantitative estimate of drug-likeness (QED) is 0.519. The van der Waals surface area contributed by atoms with Crippen molar-refractivity contribution in [1.29, 1.82) is 0 Å². The van der Waals surface area contributed by atoms with Crippen LogP contribution in [0.2, 0.25) is 0 Å². The van der Waals surface area contributed by atoms with Gasteiger partial charge in [-0.1, -0.05) is 0 Å². The van der Waals surface area contributed by atoms with Crippen LogP contribution in [0.5, 0.6) is 0 Å². The van der Waals surface area contributed by atoms with Crippen LogP contribution in [0.1, 0.15) is 33.6 Å². The average molecular weight is 287 g/mol. The van der Waals surface area contributed by atoms with E-state index in [-0.39, 0.29) is 17.6 Å². The van der Waals surface area contributed by atoms with Crippen molar-refractivity contribution in [2.75, 3.05) is 6.54 Å². The summed E-state index contributed by atoms with van der Waals surface area (Å²) in [5, 5.41) is 18.7. The zero-order valence-corrected chi connectivity index (χ0v) is 11.9. The molecule has 0 spiro atoms. The molecule has 1 heterocycles. The third kappa shape index (κ3) is 10.1. The van der Waals surface area contributed by atoms with Crippen LogP contribution in [0.4, 0.5) is 0 Å². The highest BCUT2D eigenvalue weighted by Gasteiger charge is 2.26. The molecule has 1 aliphatic heterocycles. The lowest BCUT2D eigenvalue weighted by atomic mass is 10.2. The largest absolute Gasteiger partial charge is 0.478 e. The fraction of sp³-hybridized carbons (Fsp3) is 0.615. The standard InChI is InChI=1S/C9H17NO2.C4H4O4/c1-9(2,3)12-8(11)7-5-4-6-10-7;5-3(6)1-2-4(7)8/h7,10H,4-6H2,1-3H3;1-2H,(H,5,6)(H,7,8)/b;2-1-/t7-;/m0./s1. The molecule has 1 saturated heterocycles. The minimum atomic E-state index is -1.26. The molecule has 3 N–H and O–H groups in total. The van der Waals surface area contributed by atoms with E-state index in [9.17, 15) is 14.4 Å². The van der Waals surface area contributed by atoms with Crippen LogP contribution >= 0.6 is 0 Å². The Bertz CT molecular complexity index is 361. The molecule has 1 aliphatic rings. The van der Waals surface area contributed by atoms with Crippen molar-refractivity contribution >= 4 is 17.9 Å². The Morgan fingerprint density at radius 2 is 1.65 bits per heavy atom. The highest BCUT2D eigenvalue weighted by Crippen LogP contribution is 2.12. The van der Waals surface area contributed by atoms with Crippen LogP contribution in [-0.4, -0.2) is 46.3 Å². The molecule has 114 valence electrons. The molecule has 0 unspecified atom stereocenters. The van der Waals surface area contributed by atoms with E-state index < -0.39 is 11.9 Å². The predicted molar refractivity (Wildman–Crippen MR) is 71.3 cm³/mol. The summed E-state index contributed by atoms with van der Waals surface area (Å²) in [7, 11) is 0. The van der Waals surface area contributed by atoms with E-state index in [0.717, 1.165) is 19.4 Å². The summed E-state index contributed by atoms with van der Waals surface area (Å²) in [6, 6.07) is -0.0655. The van der Waals surface area contributed by atoms with Gasteiger partial charge in [0.1, 0.15) is 11.6 Å². The van der Waals surface area contributed by atoms with Gasteiger partial charge in [-0.25, -0.2) is 9.59 Å². The Kier molecular flexibility index (Phi) is 7.53. The highest BCUT2D eigenvalue weighted by molar-refractivity contribution is 5.89. The molecule has 0 radical (unpaired) electrons. The first kappa shape index (κ1) is 18.1. The number of esters is 1. The number of hydrogen-bond donors (Lipinski definition) is 3. The topological polar surface area (TPSA) is 113 Å². The molecular formula is C13H21NO6. The molecule has 20 heavy (non-hydrogen) atoms. The Hall–Kier alpha value is -1.89. The lowest BCUT2D eigenvalue weighted by molar-refractivity contribution is -0.157. The first-order chi connectivity index (χ1) is 9.11. The normalized spacial score (nSPS) is 18.2. The maximum Gasteiger partial charge on any atom is 0.328 e. The van der Waals surface area contributed by atoms with E-state index in [1.807, 2.05) is 20.8 Å². The Balaban J connectivity index is 0.000000396. The van der Waals surface area contributed by atoms with E-state index in [0.29, 0.717) is 12.2 Å². The number of carbonyl (C=O) groups is 3. The van der Waals surface area contributed by atoms with E-state index in [4.69, 9.17) is 14.9 Å². The number of carboxylic acids is 2. The SMILES string of the molecule is CC(C)(C)OC(=O)[C@@H]1CCCN1.O=C(O)/C=C\C(=O)O. The number of rotatable bonds is 3. The fourth-order valence-corrected chi connectivity index (χ4v) is 1.40. The van der Waals surface area contributed by atoms with Gasteiger partial charge in [-0.05, 0) is 40.2 Å². The number of aliphatic carboxylic acids is 2. The second-order valence-electron chi connectivity index (χ2n) is 5.19. The summed E-state index contributed by atoms with van der Waals surface area (Å²) >= 11 is 0. The fourth-order valence-electron chi connectivity index (χ4n) is 1.40. The molecule has 7 nitrogen and oxygen atoms in total. The van der Waals surface area contributed by atoms with Crippen LogP contribution in [0.25, 0.3) is 0 Å². The zero-order chi connectivity index (χ0) is 15.8. The van der Waals surface area contributed by atoms with Gasteiger partial charge in [0, 0.05) is 12.2 Å². The Morgan fingerprint density at radius 3 is 1.95 bits per heavy atom. The summed E-state index contributed by atoms with van der Waals surface area (Å²) in [5.74, 6) is -2.63. The summed E-state index contributed by atoms with van der Waals surface area (Å²) < 4.78 is 5.22. The van der Waals surface area contributed by atoms with Gasteiger partial charge in [0.15, 0.2) is 0 Å². The number of carboxylic acid groups (broad SMARTS) is 2. The molecule has 0 bridgehead atoms. The maximum absolute atomic E-state index is 11.4. The van der Waals surface area contributed by atoms with Crippen molar-refractivity contribution in [2.24, 2.45) is 0 Å². The van der Waals surface area contributed by atoms with Gasteiger partial charge in [0.25, 0.3) is 0 Å². The molecule has 0 amide bonds. The number of nitrogens with one attached hydrogen (secondary N) is 1. The molecule has 1 atom stereocenters. The third-order valence-corrected chi connectivity index (χ3v) is 2.12. The number of carbonyl (C=O) groups excluding carboxylic acids is 1. The Labute approximate surface area is 117 Å². The van der Waals surface area contributed by atoms with Crippen LogP contribution in [-0.2, 0) is 19.1 Å². The molecule has 0 aromatic carbocycles. The van der Waals surface area contributed by atoms with Gasteiger partial charge in [-0.15, -0.1) is 0 Å². The zero-order valence-electron chi connectivity index (χ0n) is 11.9. The van der Waals surface area contributed by atoms with Crippen molar-refractivity contribution in [3.05, 3.63) is 12.2 Å². The molecule has 0 aromatic heterocycles. The highest BCUT2D eigenvalue weighted by atomic mass is 16.6. The minimum absolute atomic E-state index is 0.0655. The van der Waals surface area contributed by atoms with E-state index in [2.05, 4.69) is 5.32 Å². The summed E-state index contributed by atoms with van der Waals surface area (Å²) in [6.07, 6.45) is 3.10. The summed E-state index contributed by atoms with van der Waals surface area (Å²) in [4.78, 5) is 30.5. The Morgan fingerprint density at radius 1 is 1.15 bits per heavy atom. The second kappa shape index (κ2) is 8.31. The second-order valence-corrected chi connectivity index (χ2v) is 5.19. The first-order valence-corrected chi connectivity index (χ1v) is 6.22. The van der Waals surface area contributed by atoms with Crippen molar-refractivity contribution in [1.82, 2.24) is 5.32 Å². The molecule has 1 fully saturated rings. The van der Waals surface area contributed by atoms with E-state index in [1.54, 1.807) is 0 Å². The maximum atomic E-state index is 11.4. The van der Waals surface area contributed by atoms with Crippen LogP contribution in [0, 0.1) is 0 Å². The summed E-state index contributed by atoms with van der Waals surface area (Å²) in [6.45, 7) is 6.60. The first-order valence-electron chi connectivity index (χ1n) is 6.22. The molecule has 0 saturated carbocycles. The van der Waals surface area contributed by atoms with Gasteiger partial charge in [0.2, 0.25) is 0 Å². The van der Waals surface area contributed by atoms with Crippen molar-refractivity contribution in [3.63, 3.8) is 0 Å². The van der Waals surface area contributed by atoms with Gasteiger partial charge in [-0.3, -0.25) is 4.79 Å². The van der Waals surface area contributed by atoms with E-state index in [1.165, 1.54) is 0 Å². The van der Waals surface area contributed by atoms with Crippen molar-refractivity contribution in [3.8, 4) is 0 Å². The number of ether oxygens (including phenoxy) is 1. The molecular weight excluding hydrogens is 266 g/mol. The lowest BCUT2D eigenvalue weighted by Crippen LogP contribution is -2.37. The van der Waals surface area contributed by atoms with Crippen LogP contribution in [0.3, 0.4) is 0 Å². The average Bonchev–Trinajstić information content (AvgIpc) is 2.78. The van der Waals surface area contributed by atoms with Crippen molar-refractivity contribution in [2.45, 2.75) is 45.3 Å². The van der Waals surface area contributed by atoms with Gasteiger partial charge in [0.05, 0.1) is 0 Å². The number of hydrogen-bond acceptors (Lipinski definition) is 5. The predicted octanol–water partition coefficient (Wildman–Crippen LogP) is 0.792. The van der Waals surface area contributed by atoms with Crippen LogP contribution in [0.15, 0.2) is 12.2 Å². The van der Waals surface area contributed by atoms with Crippen LogP contribution < -0.4 is 5.32 Å². The minimum Gasteiger partial charge on any atom is -0.478 e. The van der Waals surface area contributed by atoms with Gasteiger partial charge >= 0.3 is 17.9 Å². The van der Waals surface area contributed by atoms with Gasteiger partial charge < -0.3 is 20.3 Å². The molecule has 7 heteroatoms. The third-order valence-electron chi connectivity index (χ3n) is 2.12. The van der Waals surface area contributed by atoms with Crippen molar-refractivity contribution < 1.29 is 29.3 Å². The summed E-state index contributed by atoms with van der Waals surface area (Å²) in [5.41, 5.74) is -0.360. The van der Waals surface area contributed by atoms with Gasteiger partial charge in [-0.2, -0.15) is 0 Å². The molecule has 0 aliphatic carbocycles. The molecule has 1 rings (SSSR count). The molecule has 0 aromatic rings. The lowest BCUT2D eigenvalue weighted by Gasteiger charge is -2.21.